The van der Waals surface area contributed by atoms with Crippen LogP contribution in [0.1, 0.15) is 12.8 Å². The van der Waals surface area contributed by atoms with Gasteiger partial charge in [-0.05, 0) is 38.6 Å². The second kappa shape index (κ2) is 4.51. The van der Waals surface area contributed by atoms with Crippen molar-refractivity contribution in [1.29, 1.82) is 0 Å². The van der Waals surface area contributed by atoms with Gasteiger partial charge < -0.3 is 9.80 Å². The fraction of sp³-hybridized carbons (Fsp3) is 0.800. The molecule has 0 aromatic heterocycles. The highest BCUT2D eigenvalue weighted by molar-refractivity contribution is 4.76. The zero-order valence-corrected chi connectivity index (χ0v) is 8.29. The van der Waals surface area contributed by atoms with E-state index in [2.05, 4.69) is 30.5 Å². The summed E-state index contributed by atoms with van der Waals surface area (Å²) in [4.78, 5) is 4.61. The smallest absolute Gasteiger partial charge is 0.0209 e. The molecule has 0 amide bonds. The van der Waals surface area contributed by atoms with Gasteiger partial charge in [0.15, 0.2) is 0 Å². The van der Waals surface area contributed by atoms with Crippen molar-refractivity contribution < 1.29 is 0 Å². The molecule has 0 saturated carbocycles. The van der Waals surface area contributed by atoms with Crippen LogP contribution in [0.15, 0.2) is 12.8 Å². The molecule has 1 fully saturated rings. The highest BCUT2D eigenvalue weighted by Crippen LogP contribution is 2.15. The van der Waals surface area contributed by atoms with Crippen molar-refractivity contribution in [2.45, 2.75) is 12.8 Å². The van der Waals surface area contributed by atoms with E-state index in [0.717, 1.165) is 12.5 Å². The van der Waals surface area contributed by atoms with E-state index in [1.54, 1.807) is 0 Å². The van der Waals surface area contributed by atoms with Crippen molar-refractivity contribution in [2.75, 3.05) is 33.7 Å². The second-order valence-electron chi connectivity index (χ2n) is 3.89. The van der Waals surface area contributed by atoms with Crippen LogP contribution in [0, 0.1) is 5.92 Å². The zero-order chi connectivity index (χ0) is 8.97. The molecule has 0 bridgehead atoms. The quantitative estimate of drug-likeness (QED) is 0.628. The molecule has 1 saturated heterocycles. The van der Waals surface area contributed by atoms with Gasteiger partial charge in [0.1, 0.15) is 0 Å². The Bertz CT molecular complexity index is 145. The van der Waals surface area contributed by atoms with Gasteiger partial charge in [0, 0.05) is 20.1 Å². The van der Waals surface area contributed by atoms with Crippen LogP contribution in [-0.2, 0) is 0 Å². The molecule has 0 aromatic carbocycles. The van der Waals surface area contributed by atoms with E-state index in [9.17, 15) is 0 Å². The van der Waals surface area contributed by atoms with E-state index in [1.165, 1.54) is 25.9 Å². The first kappa shape index (κ1) is 9.59. The van der Waals surface area contributed by atoms with Gasteiger partial charge in [-0.2, -0.15) is 0 Å². The number of hydrogen-bond acceptors (Lipinski definition) is 2. The molecule has 1 aliphatic rings. The third-order valence-electron chi connectivity index (χ3n) is 2.58. The summed E-state index contributed by atoms with van der Waals surface area (Å²) in [5, 5.41) is 0. The maximum atomic E-state index is 3.76. The lowest BCUT2D eigenvalue weighted by molar-refractivity contribution is 0.184. The van der Waals surface area contributed by atoms with Gasteiger partial charge >= 0.3 is 0 Å². The van der Waals surface area contributed by atoms with Crippen LogP contribution in [0.3, 0.4) is 0 Å². The van der Waals surface area contributed by atoms with Crippen molar-refractivity contribution in [2.24, 2.45) is 5.92 Å². The number of likely N-dealkylation sites (tertiary alicyclic amines) is 1. The SMILES string of the molecule is C=CN(C)C[C@@H]1CCCN(C)C1. The summed E-state index contributed by atoms with van der Waals surface area (Å²) in [5.41, 5.74) is 0. The molecule has 1 aliphatic heterocycles. The average molecular weight is 168 g/mol. The molecular weight excluding hydrogens is 148 g/mol. The molecule has 2 nitrogen and oxygen atoms in total. The van der Waals surface area contributed by atoms with E-state index in [0.29, 0.717) is 0 Å². The lowest BCUT2D eigenvalue weighted by atomic mass is 9.98. The molecule has 0 unspecified atom stereocenters. The van der Waals surface area contributed by atoms with Gasteiger partial charge in [-0.1, -0.05) is 6.58 Å². The Kier molecular flexibility index (Phi) is 3.60. The summed E-state index contributed by atoms with van der Waals surface area (Å²) in [6.07, 6.45) is 4.64. The topological polar surface area (TPSA) is 6.48 Å². The number of rotatable bonds is 3. The molecule has 1 rings (SSSR count). The minimum Gasteiger partial charge on any atom is -0.381 e. The van der Waals surface area contributed by atoms with Crippen LogP contribution in [-0.4, -0.2) is 43.5 Å². The Morgan fingerprint density at radius 3 is 3.00 bits per heavy atom. The van der Waals surface area contributed by atoms with E-state index in [-0.39, 0.29) is 0 Å². The highest BCUT2D eigenvalue weighted by atomic mass is 15.1. The molecular formula is C10H20N2. The first-order valence-electron chi connectivity index (χ1n) is 4.73. The fourth-order valence-electron chi connectivity index (χ4n) is 1.90. The van der Waals surface area contributed by atoms with Crippen LogP contribution >= 0.6 is 0 Å². The van der Waals surface area contributed by atoms with Crippen molar-refractivity contribution in [3.05, 3.63) is 12.8 Å². The van der Waals surface area contributed by atoms with Crippen LogP contribution in [0.2, 0.25) is 0 Å². The van der Waals surface area contributed by atoms with E-state index >= 15 is 0 Å². The van der Waals surface area contributed by atoms with Crippen molar-refractivity contribution in [3.63, 3.8) is 0 Å². The maximum absolute atomic E-state index is 3.76. The molecule has 0 aliphatic carbocycles. The van der Waals surface area contributed by atoms with E-state index < -0.39 is 0 Å². The third-order valence-corrected chi connectivity index (χ3v) is 2.58. The summed E-state index contributed by atoms with van der Waals surface area (Å²) < 4.78 is 0. The van der Waals surface area contributed by atoms with Crippen LogP contribution < -0.4 is 0 Å². The van der Waals surface area contributed by atoms with Gasteiger partial charge in [-0.15, -0.1) is 0 Å². The summed E-state index contributed by atoms with van der Waals surface area (Å²) in [7, 11) is 4.31. The fourth-order valence-corrected chi connectivity index (χ4v) is 1.90. The standard InChI is InChI=1S/C10H20N2/c1-4-11(2)8-10-6-5-7-12(3)9-10/h4,10H,1,5-9H2,2-3H3/t10-/m0/s1. The number of hydrogen-bond donors (Lipinski definition) is 0. The van der Waals surface area contributed by atoms with Gasteiger partial charge in [0.05, 0.1) is 0 Å². The van der Waals surface area contributed by atoms with Crippen LogP contribution in [0.4, 0.5) is 0 Å². The summed E-state index contributed by atoms with van der Waals surface area (Å²) in [6, 6.07) is 0. The minimum absolute atomic E-state index is 0.840. The second-order valence-corrected chi connectivity index (χ2v) is 3.89. The van der Waals surface area contributed by atoms with Gasteiger partial charge in [0.2, 0.25) is 0 Å². The van der Waals surface area contributed by atoms with Crippen LogP contribution in [0.25, 0.3) is 0 Å². The van der Waals surface area contributed by atoms with Crippen molar-refractivity contribution in [3.8, 4) is 0 Å². The molecule has 0 spiro atoms. The Labute approximate surface area is 75.8 Å². The Balaban J connectivity index is 2.26. The summed E-state index contributed by atoms with van der Waals surface area (Å²) in [6.45, 7) is 7.44. The molecule has 0 radical (unpaired) electrons. The Hall–Kier alpha value is -0.500. The maximum Gasteiger partial charge on any atom is 0.0209 e. The minimum atomic E-state index is 0.840. The highest BCUT2D eigenvalue weighted by Gasteiger charge is 2.17. The molecule has 12 heavy (non-hydrogen) atoms. The van der Waals surface area contributed by atoms with E-state index in [4.69, 9.17) is 0 Å². The van der Waals surface area contributed by atoms with Crippen molar-refractivity contribution >= 4 is 0 Å². The molecule has 1 heterocycles. The van der Waals surface area contributed by atoms with Gasteiger partial charge in [-0.25, -0.2) is 0 Å². The average Bonchev–Trinajstić information content (AvgIpc) is 2.04. The van der Waals surface area contributed by atoms with E-state index in [1.807, 2.05) is 6.20 Å². The predicted molar refractivity (Wildman–Crippen MR) is 53.0 cm³/mol. The summed E-state index contributed by atoms with van der Waals surface area (Å²) in [5.74, 6) is 0.840. The van der Waals surface area contributed by atoms with Crippen LogP contribution in [0.5, 0.6) is 0 Å². The number of nitrogens with zero attached hydrogens (tertiary/aromatic N) is 2. The molecule has 0 N–H and O–H groups in total. The monoisotopic (exact) mass is 168 g/mol. The summed E-state index contributed by atoms with van der Waals surface area (Å²) >= 11 is 0. The first-order chi connectivity index (χ1) is 5.72. The molecule has 70 valence electrons. The number of piperidine rings is 1. The van der Waals surface area contributed by atoms with Gasteiger partial charge in [-0.3, -0.25) is 0 Å². The first-order valence-corrected chi connectivity index (χ1v) is 4.73. The zero-order valence-electron chi connectivity index (χ0n) is 8.29. The normalized spacial score (nSPS) is 25.3. The molecule has 1 atom stereocenters. The largest absolute Gasteiger partial charge is 0.381 e. The van der Waals surface area contributed by atoms with Crippen molar-refractivity contribution in [1.82, 2.24) is 9.80 Å². The molecule has 0 aromatic rings. The Morgan fingerprint density at radius 2 is 2.42 bits per heavy atom. The lowest BCUT2D eigenvalue weighted by Crippen LogP contribution is -2.36. The van der Waals surface area contributed by atoms with Gasteiger partial charge in [0.25, 0.3) is 0 Å². The third kappa shape index (κ3) is 2.86. The Morgan fingerprint density at radius 1 is 1.67 bits per heavy atom. The lowest BCUT2D eigenvalue weighted by Gasteiger charge is -2.31. The predicted octanol–water partition coefficient (Wildman–Crippen LogP) is 1.40. The molecule has 2 heteroatoms.